The highest BCUT2D eigenvalue weighted by Crippen LogP contribution is 2.16. The molecule has 0 fully saturated rings. The van der Waals surface area contributed by atoms with Gasteiger partial charge in [-0.2, -0.15) is 0 Å². The molecule has 0 radical (unpaired) electrons. The van der Waals surface area contributed by atoms with Crippen LogP contribution in [0.5, 0.6) is 5.75 Å². The lowest BCUT2D eigenvalue weighted by Crippen LogP contribution is -2.37. The third-order valence-electron chi connectivity index (χ3n) is 2.51. The molecule has 0 unspecified atom stereocenters. The van der Waals surface area contributed by atoms with Crippen LogP contribution in [0.25, 0.3) is 0 Å². The molecule has 0 aliphatic rings. The number of benzene rings is 1. The smallest absolute Gasteiger partial charge is 0.323 e. The Hall–Kier alpha value is -2.04. The number of hydrogen-bond donors (Lipinski definition) is 2. The molecule has 1 amide bonds. The Morgan fingerprint density at radius 3 is 2.50 bits per heavy atom. The van der Waals surface area contributed by atoms with Crippen LogP contribution >= 0.6 is 0 Å². The van der Waals surface area contributed by atoms with Crippen molar-refractivity contribution >= 4 is 11.9 Å². The second-order valence-corrected chi connectivity index (χ2v) is 4.01. The Balaban J connectivity index is 2.72. The van der Waals surface area contributed by atoms with Gasteiger partial charge in [0.2, 0.25) is 5.91 Å². The van der Waals surface area contributed by atoms with E-state index in [9.17, 15) is 14.7 Å². The molecule has 0 heterocycles. The maximum Gasteiger partial charge on any atom is 0.323 e. The fourth-order valence-corrected chi connectivity index (χ4v) is 1.66. The van der Waals surface area contributed by atoms with Gasteiger partial charge >= 0.3 is 5.97 Å². The number of hydrogen-bond acceptors (Lipinski definition) is 3. The molecule has 0 atom stereocenters. The first-order valence-corrected chi connectivity index (χ1v) is 5.81. The highest BCUT2D eigenvalue weighted by molar-refractivity contribution is 5.83. The Morgan fingerprint density at radius 2 is 1.94 bits per heavy atom. The predicted octanol–water partition coefficient (Wildman–Crippen LogP) is 1.26. The first kappa shape index (κ1) is 14.0. The minimum atomic E-state index is -1.03. The number of amides is 1. The van der Waals surface area contributed by atoms with Crippen molar-refractivity contribution in [3.05, 3.63) is 29.8 Å². The van der Waals surface area contributed by atoms with Gasteiger partial charge in [0.1, 0.15) is 12.3 Å². The van der Waals surface area contributed by atoms with Gasteiger partial charge in [0, 0.05) is 12.1 Å². The van der Waals surface area contributed by atoms with Crippen molar-refractivity contribution in [3.63, 3.8) is 0 Å². The summed E-state index contributed by atoms with van der Waals surface area (Å²) in [5, 5.41) is 18.3. The topological polar surface area (TPSA) is 77.8 Å². The monoisotopic (exact) mass is 251 g/mol. The molecule has 0 saturated heterocycles. The number of aliphatic carboxylic acids is 1. The highest BCUT2D eigenvalue weighted by atomic mass is 16.4. The van der Waals surface area contributed by atoms with Gasteiger partial charge < -0.3 is 15.1 Å². The third kappa shape index (κ3) is 4.08. The maximum atomic E-state index is 11.9. The molecule has 1 aromatic carbocycles. The molecule has 0 aliphatic carbocycles. The van der Waals surface area contributed by atoms with Crippen molar-refractivity contribution in [2.75, 3.05) is 13.1 Å². The van der Waals surface area contributed by atoms with Crippen LogP contribution in [0.4, 0.5) is 0 Å². The average Bonchev–Trinajstić information content (AvgIpc) is 2.31. The molecule has 1 rings (SSSR count). The van der Waals surface area contributed by atoms with Crippen LogP contribution in [0.1, 0.15) is 18.9 Å². The lowest BCUT2D eigenvalue weighted by atomic mass is 10.1. The van der Waals surface area contributed by atoms with Gasteiger partial charge in [0.25, 0.3) is 0 Å². The standard InChI is InChI=1S/C13H17NO4/c1-2-7-14(9-13(17)18)12(16)8-10-5-3-4-6-11(10)15/h3-6,15H,2,7-9H2,1H3,(H,17,18). The van der Waals surface area contributed by atoms with Gasteiger partial charge in [-0.1, -0.05) is 25.1 Å². The molecule has 0 aliphatic heterocycles. The normalized spacial score (nSPS) is 10.1. The zero-order valence-corrected chi connectivity index (χ0v) is 10.3. The minimum absolute atomic E-state index is 0.0138. The Bertz CT molecular complexity index is 431. The summed E-state index contributed by atoms with van der Waals surface area (Å²) in [7, 11) is 0. The second kappa shape index (κ2) is 6.64. The summed E-state index contributed by atoms with van der Waals surface area (Å²) in [4.78, 5) is 23.9. The highest BCUT2D eigenvalue weighted by Gasteiger charge is 2.17. The van der Waals surface area contributed by atoms with E-state index in [2.05, 4.69) is 0 Å². The van der Waals surface area contributed by atoms with E-state index in [0.29, 0.717) is 18.5 Å². The number of phenols is 1. The zero-order valence-electron chi connectivity index (χ0n) is 10.3. The van der Waals surface area contributed by atoms with Crippen LogP contribution in [0.3, 0.4) is 0 Å². The summed E-state index contributed by atoms with van der Waals surface area (Å²) in [6.45, 7) is 1.97. The second-order valence-electron chi connectivity index (χ2n) is 4.01. The summed E-state index contributed by atoms with van der Waals surface area (Å²) in [5.74, 6) is -1.27. The van der Waals surface area contributed by atoms with E-state index in [0.717, 1.165) is 0 Å². The number of carbonyl (C=O) groups is 2. The Morgan fingerprint density at radius 1 is 1.28 bits per heavy atom. The molecule has 5 heteroatoms. The number of nitrogens with zero attached hydrogens (tertiary/aromatic N) is 1. The SMILES string of the molecule is CCCN(CC(=O)O)C(=O)Cc1ccccc1O. The summed E-state index contributed by atoms with van der Waals surface area (Å²) in [6, 6.07) is 6.55. The van der Waals surface area contributed by atoms with E-state index in [1.165, 1.54) is 11.0 Å². The van der Waals surface area contributed by atoms with E-state index in [4.69, 9.17) is 5.11 Å². The largest absolute Gasteiger partial charge is 0.508 e. The van der Waals surface area contributed by atoms with Gasteiger partial charge in [-0.05, 0) is 12.5 Å². The molecule has 5 nitrogen and oxygen atoms in total. The van der Waals surface area contributed by atoms with Gasteiger partial charge in [0.15, 0.2) is 0 Å². The summed E-state index contributed by atoms with van der Waals surface area (Å²) < 4.78 is 0. The molecule has 98 valence electrons. The van der Waals surface area contributed by atoms with Crippen LogP contribution < -0.4 is 0 Å². The minimum Gasteiger partial charge on any atom is -0.508 e. The molecule has 2 N–H and O–H groups in total. The number of rotatable bonds is 6. The fourth-order valence-electron chi connectivity index (χ4n) is 1.66. The lowest BCUT2D eigenvalue weighted by molar-refractivity contribution is -0.144. The van der Waals surface area contributed by atoms with Gasteiger partial charge in [-0.25, -0.2) is 0 Å². The molecular formula is C13H17NO4. The fraction of sp³-hybridized carbons (Fsp3) is 0.385. The number of carboxylic acid groups (broad SMARTS) is 1. The summed E-state index contributed by atoms with van der Waals surface area (Å²) in [6.07, 6.45) is 0.708. The molecule has 0 saturated carbocycles. The molecule has 1 aromatic rings. The third-order valence-corrected chi connectivity index (χ3v) is 2.51. The van der Waals surface area contributed by atoms with Crippen LogP contribution in [0.15, 0.2) is 24.3 Å². The Labute approximate surface area is 106 Å². The van der Waals surface area contributed by atoms with E-state index < -0.39 is 5.97 Å². The van der Waals surface area contributed by atoms with Crippen molar-refractivity contribution in [2.45, 2.75) is 19.8 Å². The van der Waals surface area contributed by atoms with Crippen LogP contribution in [0.2, 0.25) is 0 Å². The van der Waals surface area contributed by atoms with Crippen LogP contribution in [-0.4, -0.2) is 40.1 Å². The van der Waals surface area contributed by atoms with Crippen LogP contribution in [0, 0.1) is 0 Å². The van der Waals surface area contributed by atoms with Crippen LogP contribution in [-0.2, 0) is 16.0 Å². The Kier molecular flexibility index (Phi) is 5.17. The lowest BCUT2D eigenvalue weighted by Gasteiger charge is -2.20. The van der Waals surface area contributed by atoms with E-state index in [1.54, 1.807) is 18.2 Å². The molecular weight excluding hydrogens is 234 g/mol. The van der Waals surface area contributed by atoms with Crippen molar-refractivity contribution in [1.29, 1.82) is 0 Å². The first-order chi connectivity index (χ1) is 8.54. The van der Waals surface area contributed by atoms with E-state index in [-0.39, 0.29) is 24.6 Å². The zero-order chi connectivity index (χ0) is 13.5. The number of aromatic hydroxyl groups is 1. The number of phenolic OH excluding ortho intramolecular Hbond substituents is 1. The van der Waals surface area contributed by atoms with E-state index >= 15 is 0 Å². The number of carbonyl (C=O) groups excluding carboxylic acids is 1. The van der Waals surface area contributed by atoms with Crippen molar-refractivity contribution in [3.8, 4) is 5.75 Å². The summed E-state index contributed by atoms with van der Waals surface area (Å²) in [5.41, 5.74) is 0.508. The van der Waals surface area contributed by atoms with Gasteiger partial charge in [-0.3, -0.25) is 9.59 Å². The molecule has 18 heavy (non-hydrogen) atoms. The van der Waals surface area contributed by atoms with Crippen molar-refractivity contribution in [2.24, 2.45) is 0 Å². The number of carboxylic acids is 1. The summed E-state index contributed by atoms with van der Waals surface area (Å²) >= 11 is 0. The van der Waals surface area contributed by atoms with E-state index in [1.807, 2.05) is 6.92 Å². The maximum absolute atomic E-state index is 11.9. The molecule has 0 aromatic heterocycles. The molecule has 0 spiro atoms. The number of para-hydroxylation sites is 1. The van der Waals surface area contributed by atoms with Gasteiger partial charge in [0.05, 0.1) is 6.42 Å². The average molecular weight is 251 g/mol. The quantitative estimate of drug-likeness (QED) is 0.797. The van der Waals surface area contributed by atoms with Crippen molar-refractivity contribution < 1.29 is 19.8 Å². The molecule has 0 bridgehead atoms. The predicted molar refractivity (Wildman–Crippen MR) is 66.3 cm³/mol. The first-order valence-electron chi connectivity index (χ1n) is 5.81. The van der Waals surface area contributed by atoms with Crippen molar-refractivity contribution in [1.82, 2.24) is 4.90 Å². The van der Waals surface area contributed by atoms with Gasteiger partial charge in [-0.15, -0.1) is 0 Å².